The van der Waals surface area contributed by atoms with Gasteiger partial charge in [-0.2, -0.15) is 0 Å². The second-order valence-corrected chi connectivity index (χ2v) is 7.84. The molecule has 1 saturated heterocycles. The average Bonchev–Trinajstić information content (AvgIpc) is 3.19. The maximum atomic E-state index is 13.9. The van der Waals surface area contributed by atoms with Crippen molar-refractivity contribution < 1.29 is 13.6 Å². The maximum absolute atomic E-state index is 13.9. The van der Waals surface area contributed by atoms with E-state index in [0.29, 0.717) is 30.0 Å². The summed E-state index contributed by atoms with van der Waals surface area (Å²) in [5.41, 5.74) is 2.33. The first-order valence-corrected chi connectivity index (χ1v) is 10.2. The lowest BCUT2D eigenvalue weighted by Gasteiger charge is -2.21. The van der Waals surface area contributed by atoms with Crippen molar-refractivity contribution in [3.05, 3.63) is 66.0 Å². The zero-order chi connectivity index (χ0) is 22.0. The quantitative estimate of drug-likeness (QED) is 0.649. The van der Waals surface area contributed by atoms with Gasteiger partial charge in [0.05, 0.1) is 24.1 Å². The molecule has 1 atom stereocenters. The predicted octanol–water partition coefficient (Wildman–Crippen LogP) is 4.60. The molecule has 1 fully saturated rings. The van der Waals surface area contributed by atoms with E-state index in [1.165, 1.54) is 18.5 Å². The highest BCUT2D eigenvalue weighted by Gasteiger charge is 2.29. The number of nitrogens with one attached hydrogen (secondary N) is 1. The fourth-order valence-electron chi connectivity index (χ4n) is 3.60. The van der Waals surface area contributed by atoms with Gasteiger partial charge in [-0.3, -0.25) is 9.78 Å². The van der Waals surface area contributed by atoms with Gasteiger partial charge in [-0.05, 0) is 36.6 Å². The Labute approximate surface area is 179 Å². The van der Waals surface area contributed by atoms with Gasteiger partial charge in [-0.15, -0.1) is 0 Å². The SMILES string of the molecule is CC(C)c1ccc(NC(=O)c2c(-c3cccc(F)c3)ncnc2N2CC[C@H](F)C2)cn1. The van der Waals surface area contributed by atoms with Gasteiger partial charge in [0.2, 0.25) is 0 Å². The Morgan fingerprint density at radius 3 is 2.68 bits per heavy atom. The number of hydrogen-bond donors (Lipinski definition) is 1. The Bertz CT molecular complexity index is 1090. The zero-order valence-corrected chi connectivity index (χ0v) is 17.3. The van der Waals surface area contributed by atoms with Crippen LogP contribution in [0.15, 0.2) is 48.9 Å². The van der Waals surface area contributed by atoms with Crippen LogP contribution in [0.4, 0.5) is 20.3 Å². The van der Waals surface area contributed by atoms with Crippen LogP contribution in [0.2, 0.25) is 0 Å². The summed E-state index contributed by atoms with van der Waals surface area (Å²) in [6, 6.07) is 9.48. The normalized spacial score (nSPS) is 16.0. The van der Waals surface area contributed by atoms with E-state index in [1.807, 2.05) is 19.9 Å². The summed E-state index contributed by atoms with van der Waals surface area (Å²) < 4.78 is 27.8. The third kappa shape index (κ3) is 4.52. The minimum Gasteiger partial charge on any atom is -0.353 e. The third-order valence-corrected chi connectivity index (χ3v) is 5.22. The fourth-order valence-corrected chi connectivity index (χ4v) is 3.60. The van der Waals surface area contributed by atoms with Crippen molar-refractivity contribution in [2.24, 2.45) is 0 Å². The number of anilines is 2. The van der Waals surface area contributed by atoms with Gasteiger partial charge in [-0.1, -0.05) is 26.0 Å². The molecule has 3 aromatic rings. The molecule has 0 spiro atoms. The van der Waals surface area contributed by atoms with Crippen LogP contribution < -0.4 is 10.2 Å². The molecule has 0 bridgehead atoms. The van der Waals surface area contributed by atoms with E-state index in [-0.39, 0.29) is 23.7 Å². The molecule has 3 heterocycles. The summed E-state index contributed by atoms with van der Waals surface area (Å²) in [6.45, 7) is 4.65. The van der Waals surface area contributed by atoms with Crippen LogP contribution in [0.5, 0.6) is 0 Å². The van der Waals surface area contributed by atoms with Crippen molar-refractivity contribution in [1.29, 1.82) is 0 Å². The summed E-state index contributed by atoms with van der Waals surface area (Å²) in [7, 11) is 0. The number of pyridine rings is 1. The second kappa shape index (κ2) is 8.75. The minimum absolute atomic E-state index is 0.143. The predicted molar refractivity (Wildman–Crippen MR) is 115 cm³/mol. The van der Waals surface area contributed by atoms with Crippen molar-refractivity contribution in [3.8, 4) is 11.3 Å². The molecule has 31 heavy (non-hydrogen) atoms. The first-order chi connectivity index (χ1) is 14.9. The monoisotopic (exact) mass is 423 g/mol. The zero-order valence-electron chi connectivity index (χ0n) is 17.3. The van der Waals surface area contributed by atoms with Crippen LogP contribution in [0, 0.1) is 5.82 Å². The smallest absolute Gasteiger partial charge is 0.261 e. The summed E-state index contributed by atoms with van der Waals surface area (Å²) in [4.78, 5) is 28.0. The first kappa shape index (κ1) is 20.8. The van der Waals surface area contributed by atoms with Crippen LogP contribution in [0.1, 0.15) is 42.2 Å². The molecule has 0 aliphatic carbocycles. The molecule has 1 aromatic carbocycles. The molecule has 8 heteroatoms. The molecule has 1 aliphatic heterocycles. The van der Waals surface area contributed by atoms with E-state index in [0.717, 1.165) is 5.69 Å². The molecule has 1 amide bonds. The molecule has 1 N–H and O–H groups in total. The largest absolute Gasteiger partial charge is 0.353 e. The molecule has 6 nitrogen and oxygen atoms in total. The number of aromatic nitrogens is 3. The lowest BCUT2D eigenvalue weighted by Crippen LogP contribution is -2.26. The Morgan fingerprint density at radius 2 is 2.03 bits per heavy atom. The van der Waals surface area contributed by atoms with Gasteiger partial charge in [0, 0.05) is 17.8 Å². The van der Waals surface area contributed by atoms with Crippen LogP contribution in [0.3, 0.4) is 0 Å². The lowest BCUT2D eigenvalue weighted by atomic mass is 10.0. The number of carbonyl (C=O) groups excluding carboxylic acids is 1. The van der Waals surface area contributed by atoms with Crippen LogP contribution in [0.25, 0.3) is 11.3 Å². The highest BCUT2D eigenvalue weighted by atomic mass is 19.1. The van der Waals surface area contributed by atoms with Gasteiger partial charge in [0.15, 0.2) is 0 Å². The Hall–Kier alpha value is -3.42. The summed E-state index contributed by atoms with van der Waals surface area (Å²) in [6.07, 6.45) is 2.28. The van der Waals surface area contributed by atoms with Crippen LogP contribution in [-0.4, -0.2) is 40.1 Å². The Morgan fingerprint density at radius 1 is 1.19 bits per heavy atom. The first-order valence-electron chi connectivity index (χ1n) is 10.2. The van der Waals surface area contributed by atoms with Gasteiger partial charge >= 0.3 is 0 Å². The number of nitrogens with zero attached hydrogens (tertiary/aromatic N) is 4. The average molecular weight is 423 g/mol. The number of halogens is 2. The van der Waals surface area contributed by atoms with E-state index in [9.17, 15) is 13.6 Å². The highest BCUT2D eigenvalue weighted by molar-refractivity contribution is 6.11. The van der Waals surface area contributed by atoms with Crippen molar-refractivity contribution in [2.75, 3.05) is 23.3 Å². The number of benzene rings is 1. The Balaban J connectivity index is 1.75. The number of carbonyl (C=O) groups is 1. The van der Waals surface area contributed by atoms with E-state index in [4.69, 9.17) is 0 Å². The number of rotatable bonds is 5. The van der Waals surface area contributed by atoms with Gasteiger partial charge < -0.3 is 10.2 Å². The molecular formula is C23H23F2N5O. The highest BCUT2D eigenvalue weighted by Crippen LogP contribution is 2.31. The van der Waals surface area contributed by atoms with E-state index in [1.54, 1.807) is 29.3 Å². The molecule has 0 saturated carbocycles. The minimum atomic E-state index is -0.990. The molecule has 160 valence electrons. The number of amides is 1. The van der Waals surface area contributed by atoms with Crippen molar-refractivity contribution in [3.63, 3.8) is 0 Å². The van der Waals surface area contributed by atoms with E-state index in [2.05, 4.69) is 20.3 Å². The van der Waals surface area contributed by atoms with Crippen molar-refractivity contribution in [2.45, 2.75) is 32.4 Å². The maximum Gasteiger partial charge on any atom is 0.261 e. The summed E-state index contributed by atoms with van der Waals surface area (Å²) in [5.74, 6) is -0.306. The van der Waals surface area contributed by atoms with Crippen LogP contribution >= 0.6 is 0 Å². The molecule has 0 unspecified atom stereocenters. The topological polar surface area (TPSA) is 71.0 Å². The van der Waals surface area contributed by atoms with Gasteiger partial charge in [0.25, 0.3) is 5.91 Å². The third-order valence-electron chi connectivity index (χ3n) is 5.22. The van der Waals surface area contributed by atoms with E-state index < -0.39 is 17.9 Å². The van der Waals surface area contributed by atoms with Gasteiger partial charge in [0.1, 0.15) is 29.7 Å². The summed E-state index contributed by atoms with van der Waals surface area (Å²) >= 11 is 0. The standard InChI is InChI=1S/C23H23F2N5O/c1-14(2)19-7-6-18(11-26-19)29-23(31)20-21(15-4-3-5-16(24)10-15)27-13-28-22(20)30-9-8-17(25)12-30/h3-7,10-11,13-14,17H,8-9,12H2,1-2H3,(H,29,31)/t17-/m0/s1. The molecular weight excluding hydrogens is 400 g/mol. The van der Waals surface area contributed by atoms with Crippen molar-refractivity contribution >= 4 is 17.4 Å². The number of alkyl halides is 1. The van der Waals surface area contributed by atoms with Crippen LogP contribution in [-0.2, 0) is 0 Å². The second-order valence-electron chi connectivity index (χ2n) is 7.84. The molecule has 1 aliphatic rings. The van der Waals surface area contributed by atoms with Gasteiger partial charge in [-0.25, -0.2) is 18.7 Å². The lowest BCUT2D eigenvalue weighted by molar-refractivity contribution is 0.102. The van der Waals surface area contributed by atoms with Crippen molar-refractivity contribution in [1.82, 2.24) is 15.0 Å². The fraction of sp³-hybridized carbons (Fsp3) is 0.304. The molecule has 2 aromatic heterocycles. The Kier molecular flexibility index (Phi) is 5.88. The molecule has 0 radical (unpaired) electrons. The summed E-state index contributed by atoms with van der Waals surface area (Å²) in [5, 5.41) is 2.83. The van der Waals surface area contributed by atoms with E-state index >= 15 is 0 Å². The molecule has 4 rings (SSSR count). The number of hydrogen-bond acceptors (Lipinski definition) is 5.